The Kier molecular flexibility index (Phi) is 6.82. The molecule has 3 aromatic rings. The average molecular weight is 374 g/mol. The Morgan fingerprint density at radius 1 is 0.964 bits per heavy atom. The minimum atomic E-state index is -0.449. The first-order chi connectivity index (χ1) is 13.7. The molecule has 0 saturated carbocycles. The number of anilines is 1. The van der Waals surface area contributed by atoms with Gasteiger partial charge in [0.15, 0.2) is 0 Å². The number of hydrogen-bond acceptors (Lipinski definition) is 3. The van der Waals surface area contributed by atoms with Crippen molar-refractivity contribution >= 4 is 11.6 Å². The SMILES string of the molecule is COc1ccc(C)cc1NC(=O)C(NCCc1ccccc1)c1ccccc1. The van der Waals surface area contributed by atoms with Crippen LogP contribution in [0.25, 0.3) is 0 Å². The zero-order valence-corrected chi connectivity index (χ0v) is 16.3. The quantitative estimate of drug-likeness (QED) is 0.610. The number of hydrogen-bond donors (Lipinski definition) is 2. The van der Waals surface area contributed by atoms with Crippen LogP contribution in [0, 0.1) is 6.92 Å². The van der Waals surface area contributed by atoms with Crippen molar-refractivity contribution in [1.82, 2.24) is 5.32 Å². The second-order valence-corrected chi connectivity index (χ2v) is 6.73. The molecule has 4 heteroatoms. The molecule has 0 fully saturated rings. The van der Waals surface area contributed by atoms with Gasteiger partial charge in [-0.2, -0.15) is 0 Å². The van der Waals surface area contributed by atoms with Crippen LogP contribution in [0.15, 0.2) is 78.9 Å². The van der Waals surface area contributed by atoms with Crippen LogP contribution in [-0.4, -0.2) is 19.6 Å². The maximum Gasteiger partial charge on any atom is 0.246 e. The minimum Gasteiger partial charge on any atom is -0.495 e. The summed E-state index contributed by atoms with van der Waals surface area (Å²) in [7, 11) is 1.60. The monoisotopic (exact) mass is 374 g/mol. The number of aryl methyl sites for hydroxylation is 1. The van der Waals surface area contributed by atoms with Crippen molar-refractivity contribution in [1.29, 1.82) is 0 Å². The van der Waals surface area contributed by atoms with Crippen LogP contribution in [0.4, 0.5) is 5.69 Å². The van der Waals surface area contributed by atoms with Crippen molar-refractivity contribution in [3.05, 3.63) is 95.6 Å². The van der Waals surface area contributed by atoms with Crippen LogP contribution in [0.3, 0.4) is 0 Å². The number of amides is 1. The summed E-state index contributed by atoms with van der Waals surface area (Å²) in [5.74, 6) is 0.540. The van der Waals surface area contributed by atoms with Crippen molar-refractivity contribution in [3.63, 3.8) is 0 Å². The second-order valence-electron chi connectivity index (χ2n) is 6.73. The first-order valence-corrected chi connectivity index (χ1v) is 9.45. The molecule has 1 atom stereocenters. The topological polar surface area (TPSA) is 50.4 Å². The third-order valence-electron chi connectivity index (χ3n) is 4.61. The fourth-order valence-corrected chi connectivity index (χ4v) is 3.14. The molecular weight excluding hydrogens is 348 g/mol. The number of methoxy groups -OCH3 is 1. The molecule has 0 spiro atoms. The summed E-state index contributed by atoms with van der Waals surface area (Å²) in [6, 6.07) is 25.3. The predicted molar refractivity (Wildman–Crippen MR) is 114 cm³/mol. The number of ether oxygens (including phenoxy) is 1. The predicted octanol–water partition coefficient (Wildman–Crippen LogP) is 4.52. The molecule has 3 rings (SSSR count). The number of carbonyl (C=O) groups is 1. The summed E-state index contributed by atoms with van der Waals surface area (Å²) >= 11 is 0. The van der Waals surface area contributed by atoms with Crippen molar-refractivity contribution in [2.75, 3.05) is 19.0 Å². The third-order valence-corrected chi connectivity index (χ3v) is 4.61. The third kappa shape index (κ3) is 5.21. The van der Waals surface area contributed by atoms with E-state index < -0.39 is 6.04 Å². The Morgan fingerprint density at radius 2 is 1.64 bits per heavy atom. The highest BCUT2D eigenvalue weighted by Gasteiger charge is 2.21. The first kappa shape index (κ1) is 19.6. The van der Waals surface area contributed by atoms with Gasteiger partial charge in [0.25, 0.3) is 0 Å². The molecule has 144 valence electrons. The lowest BCUT2D eigenvalue weighted by molar-refractivity contribution is -0.118. The molecule has 28 heavy (non-hydrogen) atoms. The van der Waals surface area contributed by atoms with Crippen molar-refractivity contribution < 1.29 is 9.53 Å². The Labute approximate surface area is 166 Å². The summed E-state index contributed by atoms with van der Waals surface area (Å²) in [5.41, 5.74) is 3.91. The van der Waals surface area contributed by atoms with Crippen molar-refractivity contribution in [3.8, 4) is 5.75 Å². The van der Waals surface area contributed by atoms with Gasteiger partial charge in [0, 0.05) is 6.54 Å². The number of rotatable bonds is 8. The highest BCUT2D eigenvalue weighted by atomic mass is 16.5. The number of carbonyl (C=O) groups excluding carboxylic acids is 1. The molecule has 0 aliphatic carbocycles. The summed E-state index contributed by atoms with van der Waals surface area (Å²) in [4.78, 5) is 13.1. The summed E-state index contributed by atoms with van der Waals surface area (Å²) < 4.78 is 5.39. The Hall–Kier alpha value is -3.11. The molecule has 0 heterocycles. The van der Waals surface area contributed by atoms with E-state index >= 15 is 0 Å². The normalized spacial score (nSPS) is 11.6. The van der Waals surface area contributed by atoms with E-state index in [1.807, 2.05) is 73.7 Å². The van der Waals surface area contributed by atoms with Gasteiger partial charge < -0.3 is 15.4 Å². The molecule has 0 aromatic heterocycles. The standard InChI is InChI=1S/C24H26N2O2/c1-18-13-14-22(28-2)21(17-18)26-24(27)23(20-11-7-4-8-12-20)25-16-15-19-9-5-3-6-10-19/h3-14,17,23,25H,15-16H2,1-2H3,(H,26,27). The van der Waals surface area contributed by atoms with Gasteiger partial charge in [-0.05, 0) is 42.2 Å². The molecule has 2 N–H and O–H groups in total. The van der Waals surface area contributed by atoms with E-state index in [9.17, 15) is 4.79 Å². The lowest BCUT2D eigenvalue weighted by Gasteiger charge is -2.20. The highest BCUT2D eigenvalue weighted by molar-refractivity contribution is 5.96. The molecule has 0 aliphatic heterocycles. The molecule has 1 unspecified atom stereocenters. The smallest absolute Gasteiger partial charge is 0.246 e. The lowest BCUT2D eigenvalue weighted by Crippen LogP contribution is -2.34. The van der Waals surface area contributed by atoms with Crippen LogP contribution in [-0.2, 0) is 11.2 Å². The first-order valence-electron chi connectivity index (χ1n) is 9.45. The van der Waals surface area contributed by atoms with E-state index in [-0.39, 0.29) is 5.91 Å². The number of nitrogens with one attached hydrogen (secondary N) is 2. The molecule has 1 amide bonds. The molecule has 0 bridgehead atoms. The molecule has 0 aliphatic rings. The van der Waals surface area contributed by atoms with E-state index in [2.05, 4.69) is 22.8 Å². The molecular formula is C24H26N2O2. The number of benzene rings is 3. The van der Waals surface area contributed by atoms with Crippen LogP contribution in [0.2, 0.25) is 0 Å². The highest BCUT2D eigenvalue weighted by Crippen LogP contribution is 2.26. The zero-order chi connectivity index (χ0) is 19.8. The summed E-state index contributed by atoms with van der Waals surface area (Å²) in [6.45, 7) is 2.68. The van der Waals surface area contributed by atoms with Gasteiger partial charge in [-0.3, -0.25) is 4.79 Å². The van der Waals surface area contributed by atoms with Crippen molar-refractivity contribution in [2.24, 2.45) is 0 Å². The maximum absolute atomic E-state index is 13.1. The average Bonchev–Trinajstić information content (AvgIpc) is 2.73. The maximum atomic E-state index is 13.1. The van der Waals surface area contributed by atoms with Gasteiger partial charge in [-0.15, -0.1) is 0 Å². The second kappa shape index (κ2) is 9.72. The summed E-state index contributed by atoms with van der Waals surface area (Å²) in [5, 5.41) is 6.43. The summed E-state index contributed by atoms with van der Waals surface area (Å²) in [6.07, 6.45) is 0.852. The van der Waals surface area contributed by atoms with Crippen LogP contribution in [0.5, 0.6) is 5.75 Å². The van der Waals surface area contributed by atoms with E-state index in [0.29, 0.717) is 18.0 Å². The van der Waals surface area contributed by atoms with Gasteiger partial charge in [0.1, 0.15) is 11.8 Å². The lowest BCUT2D eigenvalue weighted by atomic mass is 10.0. The fraction of sp³-hybridized carbons (Fsp3) is 0.208. The Bertz CT molecular complexity index is 895. The van der Waals surface area contributed by atoms with E-state index in [0.717, 1.165) is 17.5 Å². The molecule has 4 nitrogen and oxygen atoms in total. The molecule has 0 radical (unpaired) electrons. The molecule has 0 saturated heterocycles. The zero-order valence-electron chi connectivity index (χ0n) is 16.3. The minimum absolute atomic E-state index is 0.108. The van der Waals surface area contributed by atoms with E-state index in [1.54, 1.807) is 7.11 Å². The van der Waals surface area contributed by atoms with Gasteiger partial charge in [0.2, 0.25) is 5.91 Å². The fourth-order valence-electron chi connectivity index (χ4n) is 3.14. The van der Waals surface area contributed by atoms with Gasteiger partial charge in [0.05, 0.1) is 12.8 Å². The van der Waals surface area contributed by atoms with Crippen LogP contribution >= 0.6 is 0 Å². The van der Waals surface area contributed by atoms with Crippen LogP contribution in [0.1, 0.15) is 22.7 Å². The largest absolute Gasteiger partial charge is 0.495 e. The Morgan fingerprint density at radius 3 is 2.32 bits per heavy atom. The molecule has 3 aromatic carbocycles. The van der Waals surface area contributed by atoms with E-state index in [4.69, 9.17) is 4.74 Å². The Balaban J connectivity index is 1.75. The van der Waals surface area contributed by atoms with Crippen molar-refractivity contribution in [2.45, 2.75) is 19.4 Å². The van der Waals surface area contributed by atoms with Gasteiger partial charge in [-0.1, -0.05) is 66.7 Å². The van der Waals surface area contributed by atoms with Crippen LogP contribution < -0.4 is 15.4 Å². The van der Waals surface area contributed by atoms with Gasteiger partial charge in [-0.25, -0.2) is 0 Å². The van der Waals surface area contributed by atoms with Gasteiger partial charge >= 0.3 is 0 Å². The van der Waals surface area contributed by atoms with E-state index in [1.165, 1.54) is 5.56 Å².